The minimum atomic E-state index is 0.289. The highest BCUT2D eigenvalue weighted by molar-refractivity contribution is 4.96. The molecule has 3 aliphatic carbocycles. The first-order chi connectivity index (χ1) is 9.42. The molecule has 116 valence electrons. The van der Waals surface area contributed by atoms with E-state index < -0.39 is 0 Å². The smallest absolute Gasteiger partial charge is 0.0487 e. The SMILES string of the molecule is CC(C)(C)C1CCC(CO)(CC2CC3CCC2C3)CC1. The lowest BCUT2D eigenvalue weighted by Crippen LogP contribution is -2.37. The molecule has 1 nitrogen and oxygen atoms in total. The lowest BCUT2D eigenvalue weighted by molar-refractivity contribution is 0.0115. The van der Waals surface area contributed by atoms with E-state index in [1.54, 1.807) is 0 Å². The van der Waals surface area contributed by atoms with Crippen LogP contribution in [0.1, 0.15) is 78.6 Å². The Kier molecular flexibility index (Phi) is 3.95. The molecule has 0 amide bonds. The quantitative estimate of drug-likeness (QED) is 0.768. The summed E-state index contributed by atoms with van der Waals surface area (Å²) < 4.78 is 0. The molecule has 1 N–H and O–H groups in total. The topological polar surface area (TPSA) is 20.2 Å². The highest BCUT2D eigenvalue weighted by atomic mass is 16.3. The molecule has 0 aromatic rings. The number of rotatable bonds is 3. The lowest BCUT2D eigenvalue weighted by Gasteiger charge is -2.45. The van der Waals surface area contributed by atoms with E-state index in [4.69, 9.17) is 0 Å². The van der Waals surface area contributed by atoms with Crippen molar-refractivity contribution in [2.75, 3.05) is 6.61 Å². The number of hydrogen-bond acceptors (Lipinski definition) is 1. The van der Waals surface area contributed by atoms with Crippen molar-refractivity contribution in [2.45, 2.75) is 78.6 Å². The van der Waals surface area contributed by atoms with Crippen molar-refractivity contribution in [2.24, 2.45) is 34.5 Å². The molecule has 0 spiro atoms. The van der Waals surface area contributed by atoms with Gasteiger partial charge in [-0.05, 0) is 85.9 Å². The molecule has 0 aromatic carbocycles. The molecule has 3 saturated carbocycles. The summed E-state index contributed by atoms with van der Waals surface area (Å²) in [6.07, 6.45) is 12.5. The van der Waals surface area contributed by atoms with Gasteiger partial charge in [0.25, 0.3) is 0 Å². The van der Waals surface area contributed by atoms with Gasteiger partial charge in [0, 0.05) is 6.61 Å². The van der Waals surface area contributed by atoms with Gasteiger partial charge in [-0.25, -0.2) is 0 Å². The van der Waals surface area contributed by atoms with Crippen LogP contribution in [0.25, 0.3) is 0 Å². The van der Waals surface area contributed by atoms with Gasteiger partial charge in [-0.1, -0.05) is 27.2 Å². The van der Waals surface area contributed by atoms with Gasteiger partial charge in [-0.3, -0.25) is 0 Å². The van der Waals surface area contributed by atoms with E-state index in [-0.39, 0.29) is 5.41 Å². The molecule has 0 saturated heterocycles. The summed E-state index contributed by atoms with van der Waals surface area (Å²) in [5.41, 5.74) is 0.741. The molecule has 3 fully saturated rings. The third-order valence-corrected chi connectivity index (χ3v) is 7.19. The second-order valence-corrected chi connectivity index (χ2v) is 9.44. The molecule has 3 atom stereocenters. The van der Waals surface area contributed by atoms with Gasteiger partial charge in [-0.2, -0.15) is 0 Å². The summed E-state index contributed by atoms with van der Waals surface area (Å²) in [5, 5.41) is 10.1. The van der Waals surface area contributed by atoms with Crippen LogP contribution < -0.4 is 0 Å². The molecule has 3 aliphatic rings. The Morgan fingerprint density at radius 2 is 1.70 bits per heavy atom. The van der Waals surface area contributed by atoms with Gasteiger partial charge in [-0.15, -0.1) is 0 Å². The van der Waals surface area contributed by atoms with Gasteiger partial charge in [0.05, 0.1) is 0 Å². The molecule has 0 radical (unpaired) electrons. The fourth-order valence-electron chi connectivity index (χ4n) is 5.71. The third kappa shape index (κ3) is 2.80. The van der Waals surface area contributed by atoms with Crippen molar-refractivity contribution in [3.63, 3.8) is 0 Å². The third-order valence-electron chi connectivity index (χ3n) is 7.19. The van der Waals surface area contributed by atoms with Crippen molar-refractivity contribution < 1.29 is 5.11 Å². The molecule has 3 rings (SSSR count). The van der Waals surface area contributed by atoms with Crippen LogP contribution in [-0.4, -0.2) is 11.7 Å². The molecule has 1 heteroatoms. The average Bonchev–Trinajstić information content (AvgIpc) is 3.00. The second kappa shape index (κ2) is 5.30. The molecule has 20 heavy (non-hydrogen) atoms. The number of aliphatic hydroxyl groups excluding tert-OH is 1. The monoisotopic (exact) mass is 278 g/mol. The van der Waals surface area contributed by atoms with E-state index in [9.17, 15) is 5.11 Å². The highest BCUT2D eigenvalue weighted by Crippen LogP contribution is 2.55. The maximum absolute atomic E-state index is 10.1. The Morgan fingerprint density at radius 3 is 2.15 bits per heavy atom. The van der Waals surface area contributed by atoms with E-state index in [0.717, 1.165) is 23.7 Å². The molecule has 0 aromatic heterocycles. The zero-order chi connectivity index (χ0) is 14.4. The van der Waals surface area contributed by atoms with Crippen molar-refractivity contribution in [3.05, 3.63) is 0 Å². The van der Waals surface area contributed by atoms with Crippen LogP contribution in [0, 0.1) is 34.5 Å². The van der Waals surface area contributed by atoms with Gasteiger partial charge in [0.1, 0.15) is 0 Å². The molecule has 0 aliphatic heterocycles. The number of aliphatic hydroxyl groups is 1. The van der Waals surface area contributed by atoms with E-state index in [1.807, 2.05) is 0 Å². The Balaban J connectivity index is 1.59. The van der Waals surface area contributed by atoms with Crippen LogP contribution in [0.15, 0.2) is 0 Å². The van der Waals surface area contributed by atoms with Crippen LogP contribution >= 0.6 is 0 Å². The lowest BCUT2D eigenvalue weighted by atomic mass is 9.61. The molecule has 2 bridgehead atoms. The predicted molar refractivity (Wildman–Crippen MR) is 84.5 cm³/mol. The van der Waals surface area contributed by atoms with Crippen molar-refractivity contribution in [3.8, 4) is 0 Å². The number of hydrogen-bond donors (Lipinski definition) is 1. The van der Waals surface area contributed by atoms with Crippen molar-refractivity contribution in [1.29, 1.82) is 0 Å². The minimum absolute atomic E-state index is 0.289. The molecular formula is C19H34O. The minimum Gasteiger partial charge on any atom is -0.396 e. The largest absolute Gasteiger partial charge is 0.396 e. The van der Waals surface area contributed by atoms with Crippen LogP contribution in [-0.2, 0) is 0 Å². The van der Waals surface area contributed by atoms with Gasteiger partial charge >= 0.3 is 0 Å². The Morgan fingerprint density at radius 1 is 1.00 bits per heavy atom. The van der Waals surface area contributed by atoms with E-state index >= 15 is 0 Å². The van der Waals surface area contributed by atoms with E-state index in [2.05, 4.69) is 20.8 Å². The maximum atomic E-state index is 10.1. The predicted octanol–water partition coefficient (Wildman–Crippen LogP) is 5.03. The first-order valence-electron chi connectivity index (χ1n) is 9.03. The van der Waals surface area contributed by atoms with E-state index in [0.29, 0.717) is 12.0 Å². The number of fused-ring (bicyclic) bond motifs is 2. The van der Waals surface area contributed by atoms with Crippen molar-refractivity contribution >= 4 is 0 Å². The van der Waals surface area contributed by atoms with Crippen LogP contribution in [0.5, 0.6) is 0 Å². The summed E-state index contributed by atoms with van der Waals surface area (Å²) >= 11 is 0. The molecule has 3 unspecified atom stereocenters. The highest BCUT2D eigenvalue weighted by Gasteiger charge is 2.45. The Bertz CT molecular complexity index is 332. The van der Waals surface area contributed by atoms with Crippen LogP contribution in [0.4, 0.5) is 0 Å². The summed E-state index contributed by atoms with van der Waals surface area (Å²) in [5.74, 6) is 3.88. The van der Waals surface area contributed by atoms with Gasteiger partial charge < -0.3 is 5.11 Å². The first kappa shape index (κ1) is 14.9. The van der Waals surface area contributed by atoms with Gasteiger partial charge in [0.15, 0.2) is 0 Å². The van der Waals surface area contributed by atoms with Crippen LogP contribution in [0.2, 0.25) is 0 Å². The summed E-state index contributed by atoms with van der Waals surface area (Å²) in [6.45, 7) is 7.61. The zero-order valence-electron chi connectivity index (χ0n) is 13.8. The van der Waals surface area contributed by atoms with Gasteiger partial charge in [0.2, 0.25) is 0 Å². The Labute approximate surface area is 125 Å². The first-order valence-corrected chi connectivity index (χ1v) is 9.03. The fourth-order valence-corrected chi connectivity index (χ4v) is 5.71. The summed E-state index contributed by atoms with van der Waals surface area (Å²) in [6, 6.07) is 0. The average molecular weight is 278 g/mol. The molecular weight excluding hydrogens is 244 g/mol. The normalized spacial score (nSPS) is 45.0. The summed E-state index contributed by atoms with van der Waals surface area (Å²) in [7, 11) is 0. The zero-order valence-corrected chi connectivity index (χ0v) is 13.8. The van der Waals surface area contributed by atoms with E-state index in [1.165, 1.54) is 57.8 Å². The van der Waals surface area contributed by atoms with Crippen LogP contribution in [0.3, 0.4) is 0 Å². The fraction of sp³-hybridized carbons (Fsp3) is 1.00. The maximum Gasteiger partial charge on any atom is 0.0487 e. The second-order valence-electron chi connectivity index (χ2n) is 9.44. The van der Waals surface area contributed by atoms with Crippen molar-refractivity contribution in [1.82, 2.24) is 0 Å². The summed E-state index contributed by atoms with van der Waals surface area (Å²) in [4.78, 5) is 0. The molecule has 0 heterocycles. The standard InChI is InChI=1S/C19H34O/c1-18(2,3)17-6-8-19(13-20,9-7-17)12-16-11-14-4-5-15(16)10-14/h14-17,20H,4-13H2,1-3H3. The Hall–Kier alpha value is -0.0400.